The molecule has 1 rings (SSSR count). The van der Waals surface area contributed by atoms with Crippen molar-refractivity contribution >= 4 is 18.3 Å². The van der Waals surface area contributed by atoms with Crippen molar-refractivity contribution in [1.29, 1.82) is 0 Å². The zero-order valence-corrected chi connectivity index (χ0v) is 15.3. The molecule has 2 atom stereocenters. The second kappa shape index (κ2) is 12.1. The minimum atomic E-state index is 0. The molecule has 3 N–H and O–H groups in total. The second-order valence-electron chi connectivity index (χ2n) is 6.87. The number of ether oxygens (including phenoxy) is 1. The monoisotopic (exact) mass is 334 g/mol. The molecule has 0 aromatic carbocycles. The predicted molar refractivity (Wildman–Crippen MR) is 94.3 cm³/mol. The number of rotatable bonds is 9. The number of nitrogens with one attached hydrogen (secondary N) is 1. The van der Waals surface area contributed by atoms with E-state index in [1.807, 2.05) is 0 Å². The van der Waals surface area contributed by atoms with Crippen LogP contribution in [0.25, 0.3) is 0 Å². The highest BCUT2D eigenvalue weighted by Crippen LogP contribution is 2.26. The van der Waals surface area contributed by atoms with E-state index in [0.29, 0.717) is 31.4 Å². The molecule has 0 bridgehead atoms. The molecular formula is C17H35ClN2O2. The lowest BCUT2D eigenvalue weighted by Gasteiger charge is -2.30. The van der Waals surface area contributed by atoms with E-state index in [1.54, 1.807) is 0 Å². The van der Waals surface area contributed by atoms with Gasteiger partial charge in [0.05, 0.1) is 12.7 Å². The Morgan fingerprint density at radius 2 is 1.86 bits per heavy atom. The summed E-state index contributed by atoms with van der Waals surface area (Å²) >= 11 is 0. The van der Waals surface area contributed by atoms with Crippen molar-refractivity contribution in [2.75, 3.05) is 13.2 Å². The fourth-order valence-corrected chi connectivity index (χ4v) is 3.27. The van der Waals surface area contributed by atoms with Crippen LogP contribution in [0.5, 0.6) is 0 Å². The Morgan fingerprint density at radius 1 is 1.23 bits per heavy atom. The maximum absolute atomic E-state index is 12.0. The lowest BCUT2D eigenvalue weighted by Crippen LogP contribution is -2.46. The maximum Gasteiger partial charge on any atom is 0.222 e. The summed E-state index contributed by atoms with van der Waals surface area (Å²) in [6.07, 6.45) is 7.96. The Kier molecular flexibility index (Phi) is 12.0. The normalized spacial score (nSPS) is 18.6. The number of amides is 1. The third-order valence-corrected chi connectivity index (χ3v) is 4.35. The molecule has 132 valence electrons. The van der Waals surface area contributed by atoms with Crippen LogP contribution in [0.2, 0.25) is 0 Å². The largest absolute Gasteiger partial charge is 0.378 e. The fraction of sp³-hybridized carbons (Fsp3) is 0.941. The second-order valence-corrected chi connectivity index (χ2v) is 6.87. The molecule has 1 fully saturated rings. The van der Waals surface area contributed by atoms with E-state index in [-0.39, 0.29) is 30.5 Å². The lowest BCUT2D eigenvalue weighted by molar-refractivity contribution is -0.123. The van der Waals surface area contributed by atoms with Gasteiger partial charge in [-0.1, -0.05) is 33.1 Å². The number of hydrogen-bond acceptors (Lipinski definition) is 3. The van der Waals surface area contributed by atoms with Gasteiger partial charge in [0, 0.05) is 19.0 Å². The summed E-state index contributed by atoms with van der Waals surface area (Å²) in [5, 5.41) is 3.11. The Morgan fingerprint density at radius 3 is 2.41 bits per heavy atom. The van der Waals surface area contributed by atoms with Crippen LogP contribution in [0.4, 0.5) is 0 Å². The summed E-state index contributed by atoms with van der Waals surface area (Å²) in [7, 11) is 0. The number of nitrogens with two attached hydrogens (primary N) is 1. The molecule has 2 unspecified atom stereocenters. The number of carbonyl (C=O) groups excluding carboxylic acids is 1. The van der Waals surface area contributed by atoms with E-state index in [1.165, 1.54) is 32.1 Å². The highest BCUT2D eigenvalue weighted by Gasteiger charge is 2.23. The van der Waals surface area contributed by atoms with Crippen molar-refractivity contribution in [3.63, 3.8) is 0 Å². The van der Waals surface area contributed by atoms with Crippen molar-refractivity contribution in [3.05, 3.63) is 0 Å². The van der Waals surface area contributed by atoms with Gasteiger partial charge in [-0.25, -0.2) is 0 Å². The third kappa shape index (κ3) is 8.96. The molecule has 1 aliphatic rings. The van der Waals surface area contributed by atoms with Crippen molar-refractivity contribution in [1.82, 2.24) is 5.32 Å². The van der Waals surface area contributed by atoms with Crippen molar-refractivity contribution < 1.29 is 9.53 Å². The maximum atomic E-state index is 12.0. The van der Waals surface area contributed by atoms with E-state index in [2.05, 4.69) is 26.1 Å². The first-order chi connectivity index (χ1) is 10.0. The molecule has 0 saturated heterocycles. The number of carbonyl (C=O) groups is 1. The summed E-state index contributed by atoms with van der Waals surface area (Å²) < 4.78 is 5.69. The molecule has 4 nitrogen and oxygen atoms in total. The minimum Gasteiger partial charge on any atom is -0.378 e. The van der Waals surface area contributed by atoms with Crippen LogP contribution in [0.15, 0.2) is 0 Å². The van der Waals surface area contributed by atoms with E-state index in [4.69, 9.17) is 10.5 Å². The predicted octanol–water partition coefficient (Wildman–Crippen LogP) is 3.27. The number of hydrogen-bond donors (Lipinski definition) is 2. The van der Waals surface area contributed by atoms with Crippen molar-refractivity contribution in [2.24, 2.45) is 17.6 Å². The van der Waals surface area contributed by atoms with Crippen LogP contribution in [-0.2, 0) is 9.53 Å². The zero-order chi connectivity index (χ0) is 15.7. The first kappa shape index (κ1) is 21.7. The molecule has 1 aliphatic carbocycles. The van der Waals surface area contributed by atoms with Crippen LogP contribution in [0, 0.1) is 11.8 Å². The molecule has 0 aromatic rings. The zero-order valence-electron chi connectivity index (χ0n) is 14.5. The van der Waals surface area contributed by atoms with Crippen LogP contribution >= 0.6 is 12.4 Å². The Bertz CT molecular complexity index is 294. The van der Waals surface area contributed by atoms with E-state index in [9.17, 15) is 4.79 Å². The Labute approximate surface area is 142 Å². The average Bonchev–Trinajstić information content (AvgIpc) is 2.45. The summed E-state index contributed by atoms with van der Waals surface area (Å²) in [6.45, 7) is 7.48. The molecular weight excluding hydrogens is 300 g/mol. The first-order valence-electron chi connectivity index (χ1n) is 8.64. The van der Waals surface area contributed by atoms with Gasteiger partial charge in [-0.3, -0.25) is 4.79 Å². The summed E-state index contributed by atoms with van der Waals surface area (Å²) in [4.78, 5) is 12.0. The molecule has 0 heterocycles. The van der Waals surface area contributed by atoms with Crippen LogP contribution < -0.4 is 11.1 Å². The van der Waals surface area contributed by atoms with Gasteiger partial charge in [0.2, 0.25) is 5.91 Å². The Balaban J connectivity index is 0.00000441. The molecule has 0 spiro atoms. The van der Waals surface area contributed by atoms with Gasteiger partial charge in [-0.05, 0) is 38.0 Å². The van der Waals surface area contributed by atoms with Crippen LogP contribution in [0.3, 0.4) is 0 Å². The quantitative estimate of drug-likeness (QED) is 0.680. The smallest absolute Gasteiger partial charge is 0.222 e. The topological polar surface area (TPSA) is 64.3 Å². The van der Waals surface area contributed by atoms with Gasteiger partial charge in [-0.2, -0.15) is 0 Å². The highest BCUT2D eigenvalue weighted by atomic mass is 35.5. The minimum absolute atomic E-state index is 0. The van der Waals surface area contributed by atoms with Gasteiger partial charge >= 0.3 is 0 Å². The van der Waals surface area contributed by atoms with Gasteiger partial charge in [0.25, 0.3) is 0 Å². The van der Waals surface area contributed by atoms with Crippen LogP contribution in [0.1, 0.15) is 65.7 Å². The molecule has 1 saturated carbocycles. The highest BCUT2D eigenvalue weighted by molar-refractivity contribution is 5.85. The van der Waals surface area contributed by atoms with Crippen LogP contribution in [-0.4, -0.2) is 31.2 Å². The summed E-state index contributed by atoms with van der Waals surface area (Å²) in [5.74, 6) is 1.27. The molecule has 0 aliphatic heterocycles. The van der Waals surface area contributed by atoms with Gasteiger partial charge in [0.15, 0.2) is 0 Å². The molecule has 1 amide bonds. The summed E-state index contributed by atoms with van der Waals surface area (Å²) in [5.41, 5.74) is 5.84. The van der Waals surface area contributed by atoms with E-state index in [0.717, 1.165) is 6.42 Å². The first-order valence-corrected chi connectivity index (χ1v) is 8.64. The number of halogens is 1. The van der Waals surface area contributed by atoms with Gasteiger partial charge < -0.3 is 15.8 Å². The van der Waals surface area contributed by atoms with Gasteiger partial charge in [-0.15, -0.1) is 12.4 Å². The van der Waals surface area contributed by atoms with Crippen molar-refractivity contribution in [3.8, 4) is 0 Å². The van der Waals surface area contributed by atoms with E-state index >= 15 is 0 Å². The van der Waals surface area contributed by atoms with Gasteiger partial charge in [0.1, 0.15) is 0 Å². The Hall–Kier alpha value is -0.320. The molecule has 5 heteroatoms. The third-order valence-electron chi connectivity index (χ3n) is 4.35. The molecule has 22 heavy (non-hydrogen) atoms. The lowest BCUT2D eigenvalue weighted by atomic mass is 9.84. The van der Waals surface area contributed by atoms with E-state index < -0.39 is 0 Å². The standard InChI is InChI=1S/C17H34N2O2.ClH/c1-13(2)11-14(3)21-10-9-17(20)19-16(12-18)15-7-5-4-6-8-15;/h13-16H,4-12,18H2,1-3H3,(H,19,20);1H. The fourth-order valence-electron chi connectivity index (χ4n) is 3.27. The van der Waals surface area contributed by atoms with Crippen molar-refractivity contribution in [2.45, 2.75) is 77.9 Å². The molecule has 0 radical (unpaired) electrons. The summed E-state index contributed by atoms with van der Waals surface area (Å²) in [6, 6.07) is 0.144. The molecule has 0 aromatic heterocycles. The average molecular weight is 335 g/mol. The SMILES string of the molecule is CC(C)CC(C)OCCC(=O)NC(CN)C1CCCCC1.Cl.